The molecule has 10 heteroatoms. The number of H-pyrrole nitrogens is 1. The fourth-order valence-electron chi connectivity index (χ4n) is 2.87. The van der Waals surface area contributed by atoms with Gasteiger partial charge in [0.2, 0.25) is 11.8 Å². The molecule has 1 aliphatic rings. The first kappa shape index (κ1) is 16.1. The lowest BCUT2D eigenvalue weighted by Gasteiger charge is -2.18. The van der Waals surface area contributed by atoms with Crippen LogP contribution >= 0.6 is 0 Å². The molecule has 1 aliphatic heterocycles. The van der Waals surface area contributed by atoms with Crippen LogP contribution in [0.3, 0.4) is 0 Å². The number of pyridine rings is 1. The van der Waals surface area contributed by atoms with Crippen LogP contribution in [-0.2, 0) is 6.54 Å². The predicted octanol–water partition coefficient (Wildman–Crippen LogP) is 1.61. The fourth-order valence-corrected chi connectivity index (χ4v) is 2.87. The summed E-state index contributed by atoms with van der Waals surface area (Å²) in [7, 11) is 1.55. The molecule has 0 unspecified atom stereocenters. The van der Waals surface area contributed by atoms with E-state index < -0.39 is 0 Å². The highest BCUT2D eigenvalue weighted by Crippen LogP contribution is 2.31. The van der Waals surface area contributed by atoms with Gasteiger partial charge in [-0.2, -0.15) is 15.1 Å². The molecular formula is C16H17N7O3. The zero-order valence-electron chi connectivity index (χ0n) is 14.3. The average molecular weight is 355 g/mol. The number of hydrogen-bond acceptors (Lipinski definition) is 7. The molecule has 0 aliphatic carbocycles. The highest BCUT2D eigenvalue weighted by molar-refractivity contribution is 5.93. The number of urea groups is 1. The number of anilines is 1. The summed E-state index contributed by atoms with van der Waals surface area (Å²) in [5.74, 6) is 1.93. The molecular weight excluding hydrogens is 338 g/mol. The quantitative estimate of drug-likeness (QED) is 0.739. The number of amides is 2. The second-order valence-electron chi connectivity index (χ2n) is 5.80. The third-order valence-electron chi connectivity index (χ3n) is 4.12. The number of aryl methyl sites for hydroxylation is 1. The molecule has 4 heterocycles. The Morgan fingerprint density at radius 2 is 2.19 bits per heavy atom. The van der Waals surface area contributed by atoms with Crippen LogP contribution in [0.4, 0.5) is 10.6 Å². The average Bonchev–Trinajstić information content (AvgIpc) is 3.38. The SMILES string of the molecule is COc1nc(N2CCN(Cc3noc(C)n3)C2=O)ccc1-c1cn[nH]c1. The molecule has 0 radical (unpaired) electrons. The van der Waals surface area contributed by atoms with Crippen molar-refractivity contribution in [2.75, 3.05) is 25.1 Å². The number of rotatable bonds is 5. The van der Waals surface area contributed by atoms with Gasteiger partial charge in [0.05, 0.1) is 19.9 Å². The monoisotopic (exact) mass is 355 g/mol. The highest BCUT2D eigenvalue weighted by atomic mass is 16.5. The zero-order valence-corrected chi connectivity index (χ0v) is 14.3. The van der Waals surface area contributed by atoms with Gasteiger partial charge in [-0.1, -0.05) is 5.16 Å². The van der Waals surface area contributed by atoms with E-state index in [0.29, 0.717) is 43.0 Å². The second-order valence-corrected chi connectivity index (χ2v) is 5.80. The van der Waals surface area contributed by atoms with E-state index in [0.717, 1.165) is 11.1 Å². The molecule has 1 N–H and O–H groups in total. The highest BCUT2D eigenvalue weighted by Gasteiger charge is 2.31. The number of carbonyl (C=O) groups excluding carboxylic acids is 1. The topological polar surface area (TPSA) is 113 Å². The van der Waals surface area contributed by atoms with Crippen molar-refractivity contribution < 1.29 is 14.1 Å². The van der Waals surface area contributed by atoms with Crippen LogP contribution in [0.2, 0.25) is 0 Å². The molecule has 3 aromatic heterocycles. The Hall–Kier alpha value is -3.43. The van der Waals surface area contributed by atoms with Crippen molar-refractivity contribution in [2.45, 2.75) is 13.5 Å². The summed E-state index contributed by atoms with van der Waals surface area (Å²) >= 11 is 0. The summed E-state index contributed by atoms with van der Waals surface area (Å²) in [6.45, 7) is 3.10. The van der Waals surface area contributed by atoms with E-state index in [-0.39, 0.29) is 6.03 Å². The van der Waals surface area contributed by atoms with E-state index in [1.54, 1.807) is 42.3 Å². The number of carbonyl (C=O) groups is 1. The van der Waals surface area contributed by atoms with E-state index in [9.17, 15) is 4.79 Å². The van der Waals surface area contributed by atoms with Gasteiger partial charge >= 0.3 is 6.03 Å². The minimum absolute atomic E-state index is 0.155. The van der Waals surface area contributed by atoms with Gasteiger partial charge in [-0.3, -0.25) is 10.00 Å². The lowest BCUT2D eigenvalue weighted by atomic mass is 10.1. The van der Waals surface area contributed by atoms with Crippen molar-refractivity contribution in [1.82, 2.24) is 30.2 Å². The maximum absolute atomic E-state index is 12.7. The van der Waals surface area contributed by atoms with Gasteiger partial charge in [-0.15, -0.1) is 0 Å². The molecule has 0 saturated carbocycles. The summed E-state index contributed by atoms with van der Waals surface area (Å²) in [5.41, 5.74) is 1.67. The van der Waals surface area contributed by atoms with Crippen molar-refractivity contribution in [3.8, 4) is 17.0 Å². The van der Waals surface area contributed by atoms with Crippen molar-refractivity contribution in [1.29, 1.82) is 0 Å². The molecule has 134 valence electrons. The molecule has 26 heavy (non-hydrogen) atoms. The number of methoxy groups -OCH3 is 1. The number of nitrogens with one attached hydrogen (secondary N) is 1. The van der Waals surface area contributed by atoms with E-state index in [2.05, 4.69) is 25.3 Å². The summed E-state index contributed by atoms with van der Waals surface area (Å²) in [6, 6.07) is 3.51. The van der Waals surface area contributed by atoms with Gasteiger partial charge in [0.1, 0.15) is 5.82 Å². The normalized spacial score (nSPS) is 14.3. The molecule has 1 fully saturated rings. The van der Waals surface area contributed by atoms with Crippen LogP contribution in [0, 0.1) is 6.92 Å². The maximum Gasteiger partial charge on any atom is 0.326 e. The largest absolute Gasteiger partial charge is 0.480 e. The van der Waals surface area contributed by atoms with Crippen molar-refractivity contribution in [3.05, 3.63) is 36.2 Å². The Balaban J connectivity index is 1.55. The fraction of sp³-hybridized carbons (Fsp3) is 0.312. The van der Waals surface area contributed by atoms with E-state index in [1.165, 1.54) is 0 Å². The van der Waals surface area contributed by atoms with Gasteiger partial charge in [-0.25, -0.2) is 4.79 Å². The minimum atomic E-state index is -0.155. The molecule has 1 saturated heterocycles. The molecule has 0 atom stereocenters. The Bertz CT molecular complexity index is 922. The second kappa shape index (κ2) is 6.47. The Kier molecular flexibility index (Phi) is 3.99. The smallest absolute Gasteiger partial charge is 0.326 e. The molecule has 2 amide bonds. The van der Waals surface area contributed by atoms with E-state index >= 15 is 0 Å². The lowest BCUT2D eigenvalue weighted by Crippen LogP contribution is -2.32. The molecule has 10 nitrogen and oxygen atoms in total. The van der Waals surface area contributed by atoms with Crippen molar-refractivity contribution in [2.24, 2.45) is 0 Å². The van der Waals surface area contributed by atoms with Crippen LogP contribution in [0.5, 0.6) is 5.88 Å². The molecule has 4 rings (SSSR count). The first-order valence-electron chi connectivity index (χ1n) is 8.05. The van der Waals surface area contributed by atoms with E-state index in [4.69, 9.17) is 9.26 Å². The molecule has 0 spiro atoms. The number of aromatic nitrogens is 5. The van der Waals surface area contributed by atoms with Gasteiger partial charge in [0.25, 0.3) is 0 Å². The predicted molar refractivity (Wildman–Crippen MR) is 90.6 cm³/mol. The maximum atomic E-state index is 12.7. The minimum Gasteiger partial charge on any atom is -0.480 e. The summed E-state index contributed by atoms with van der Waals surface area (Å²) in [5, 5.41) is 10.5. The standard InChI is InChI=1S/C16H17N7O3/c1-10-19-13(21-26-10)9-22-5-6-23(16(22)24)14-4-3-12(15(20-14)25-2)11-7-17-18-8-11/h3-4,7-8H,5-6,9H2,1-2H3,(H,17,18). The summed E-state index contributed by atoms with van der Waals surface area (Å²) in [4.78, 5) is 24.6. The first-order chi connectivity index (χ1) is 12.7. The Morgan fingerprint density at radius 1 is 1.31 bits per heavy atom. The Morgan fingerprint density at radius 3 is 2.88 bits per heavy atom. The van der Waals surface area contributed by atoms with Crippen molar-refractivity contribution in [3.63, 3.8) is 0 Å². The van der Waals surface area contributed by atoms with E-state index in [1.807, 2.05) is 6.07 Å². The number of hydrogen-bond donors (Lipinski definition) is 1. The van der Waals surface area contributed by atoms with Crippen LogP contribution in [-0.4, -0.2) is 56.5 Å². The van der Waals surface area contributed by atoms with Crippen LogP contribution in [0.1, 0.15) is 11.7 Å². The van der Waals surface area contributed by atoms with Gasteiger partial charge in [0, 0.05) is 37.3 Å². The van der Waals surface area contributed by atoms with Gasteiger partial charge < -0.3 is 14.2 Å². The summed E-state index contributed by atoms with van der Waals surface area (Å²) < 4.78 is 10.3. The molecule has 0 bridgehead atoms. The third-order valence-corrected chi connectivity index (χ3v) is 4.12. The van der Waals surface area contributed by atoms with Crippen LogP contribution in [0.25, 0.3) is 11.1 Å². The molecule has 3 aromatic rings. The van der Waals surface area contributed by atoms with Crippen LogP contribution < -0.4 is 9.64 Å². The third kappa shape index (κ3) is 2.85. The van der Waals surface area contributed by atoms with Crippen LogP contribution in [0.15, 0.2) is 29.0 Å². The molecule has 0 aromatic carbocycles. The number of ether oxygens (including phenoxy) is 1. The van der Waals surface area contributed by atoms with Gasteiger partial charge in [-0.05, 0) is 12.1 Å². The number of aromatic amines is 1. The zero-order chi connectivity index (χ0) is 18.1. The van der Waals surface area contributed by atoms with Gasteiger partial charge in [0.15, 0.2) is 5.82 Å². The van der Waals surface area contributed by atoms with Crippen molar-refractivity contribution >= 4 is 11.8 Å². The number of nitrogens with zero attached hydrogens (tertiary/aromatic N) is 6. The Labute approximate surface area is 148 Å². The summed E-state index contributed by atoms with van der Waals surface area (Å²) in [6.07, 6.45) is 3.45. The first-order valence-corrected chi connectivity index (χ1v) is 8.05. The lowest BCUT2D eigenvalue weighted by molar-refractivity contribution is 0.216.